The second-order valence-electron chi connectivity index (χ2n) is 6.92. The molecule has 6 heteroatoms. The van der Waals surface area contributed by atoms with E-state index in [0.717, 1.165) is 35.8 Å². The first kappa shape index (κ1) is 18.4. The Balaban J connectivity index is 0.00000182. The van der Waals surface area contributed by atoms with Crippen LogP contribution in [0.4, 0.5) is 0 Å². The average Bonchev–Trinajstić information content (AvgIpc) is 3.28. The summed E-state index contributed by atoms with van der Waals surface area (Å²) in [7, 11) is 0. The number of hydrogen-bond acceptors (Lipinski definition) is 4. The van der Waals surface area contributed by atoms with Gasteiger partial charge in [-0.3, -0.25) is 4.79 Å². The number of aromatic nitrogens is 1. The van der Waals surface area contributed by atoms with Gasteiger partial charge in [-0.25, -0.2) is 4.98 Å². The number of amides is 1. The van der Waals surface area contributed by atoms with Crippen LogP contribution in [0.25, 0.3) is 10.6 Å². The summed E-state index contributed by atoms with van der Waals surface area (Å²) < 4.78 is 0. The number of rotatable bonds is 4. The molecule has 25 heavy (non-hydrogen) atoms. The highest BCUT2D eigenvalue weighted by Crippen LogP contribution is 2.43. The highest BCUT2D eigenvalue weighted by atomic mass is 35.5. The second-order valence-corrected chi connectivity index (χ2v) is 7.78. The molecule has 2 aliphatic rings. The van der Waals surface area contributed by atoms with E-state index in [4.69, 9.17) is 0 Å². The Morgan fingerprint density at radius 1 is 1.32 bits per heavy atom. The normalized spacial score (nSPS) is 25.0. The molecule has 2 heterocycles. The summed E-state index contributed by atoms with van der Waals surface area (Å²) >= 11 is 1.63. The van der Waals surface area contributed by atoms with Gasteiger partial charge in [-0.05, 0) is 25.3 Å². The SMILES string of the molecule is Cl.O=C(NCc1csc(-c2ccccc2)n1)[C@@]12CCCC[C@H]1CNC2. The monoisotopic (exact) mass is 377 g/mol. The quantitative estimate of drug-likeness (QED) is 0.855. The fraction of sp³-hybridized carbons (Fsp3) is 0.474. The van der Waals surface area contributed by atoms with Crippen molar-refractivity contribution in [2.24, 2.45) is 11.3 Å². The summed E-state index contributed by atoms with van der Waals surface area (Å²) in [6.07, 6.45) is 4.62. The smallest absolute Gasteiger partial charge is 0.228 e. The van der Waals surface area contributed by atoms with Gasteiger partial charge in [0, 0.05) is 17.5 Å². The van der Waals surface area contributed by atoms with Gasteiger partial charge in [-0.15, -0.1) is 23.7 Å². The molecule has 2 aromatic rings. The van der Waals surface area contributed by atoms with Crippen molar-refractivity contribution < 1.29 is 4.79 Å². The zero-order valence-corrected chi connectivity index (χ0v) is 15.8. The van der Waals surface area contributed by atoms with E-state index in [9.17, 15) is 4.79 Å². The standard InChI is InChI=1S/C19H23N3OS.ClH/c23-18(19-9-5-4-8-15(19)10-20-13-19)21-11-16-12-24-17(22-16)14-6-2-1-3-7-14;/h1-3,6-7,12,15,20H,4-5,8-11,13H2,(H,21,23);1H/t15-,19+;/m0./s1. The molecular formula is C19H24ClN3OS. The van der Waals surface area contributed by atoms with Crippen LogP contribution in [0, 0.1) is 11.3 Å². The van der Waals surface area contributed by atoms with Crippen molar-refractivity contribution in [2.75, 3.05) is 13.1 Å². The van der Waals surface area contributed by atoms with Crippen LogP contribution in [-0.4, -0.2) is 24.0 Å². The van der Waals surface area contributed by atoms with E-state index in [1.54, 1.807) is 11.3 Å². The van der Waals surface area contributed by atoms with Gasteiger partial charge in [0.2, 0.25) is 5.91 Å². The Morgan fingerprint density at radius 3 is 3.00 bits per heavy atom. The first-order chi connectivity index (χ1) is 11.8. The number of benzene rings is 1. The van der Waals surface area contributed by atoms with Crippen molar-refractivity contribution in [1.82, 2.24) is 15.6 Å². The first-order valence-corrected chi connectivity index (χ1v) is 9.65. The maximum absolute atomic E-state index is 12.9. The van der Waals surface area contributed by atoms with Crippen molar-refractivity contribution in [1.29, 1.82) is 0 Å². The van der Waals surface area contributed by atoms with E-state index in [2.05, 4.69) is 27.8 Å². The lowest BCUT2D eigenvalue weighted by Gasteiger charge is -2.37. The van der Waals surface area contributed by atoms with Crippen LogP contribution in [0.2, 0.25) is 0 Å². The maximum atomic E-state index is 12.9. The average molecular weight is 378 g/mol. The lowest BCUT2D eigenvalue weighted by molar-refractivity contribution is -0.134. The highest BCUT2D eigenvalue weighted by Gasteiger charge is 2.49. The molecule has 1 aromatic carbocycles. The molecule has 0 radical (unpaired) electrons. The molecule has 1 aliphatic carbocycles. The molecule has 2 fully saturated rings. The van der Waals surface area contributed by atoms with Crippen LogP contribution in [0.3, 0.4) is 0 Å². The summed E-state index contributed by atoms with van der Waals surface area (Å²) in [5, 5.41) is 9.65. The maximum Gasteiger partial charge on any atom is 0.228 e. The number of carbonyl (C=O) groups is 1. The molecule has 1 aliphatic heterocycles. The summed E-state index contributed by atoms with van der Waals surface area (Å²) in [4.78, 5) is 17.5. The topological polar surface area (TPSA) is 54.0 Å². The number of hydrogen-bond donors (Lipinski definition) is 2. The van der Waals surface area contributed by atoms with Crippen molar-refractivity contribution in [3.8, 4) is 10.6 Å². The van der Waals surface area contributed by atoms with Gasteiger partial charge in [-0.2, -0.15) is 0 Å². The van der Waals surface area contributed by atoms with Crippen molar-refractivity contribution in [3.63, 3.8) is 0 Å². The predicted octanol–water partition coefficient (Wildman–Crippen LogP) is 3.63. The molecule has 1 saturated heterocycles. The van der Waals surface area contributed by atoms with Gasteiger partial charge in [0.1, 0.15) is 5.01 Å². The number of nitrogens with one attached hydrogen (secondary N) is 2. The van der Waals surface area contributed by atoms with Crippen molar-refractivity contribution >= 4 is 29.7 Å². The van der Waals surface area contributed by atoms with E-state index < -0.39 is 0 Å². The first-order valence-electron chi connectivity index (χ1n) is 8.77. The fourth-order valence-electron chi connectivity index (χ4n) is 4.14. The Hall–Kier alpha value is -1.43. The van der Waals surface area contributed by atoms with Gasteiger partial charge in [0.05, 0.1) is 17.7 Å². The molecule has 2 atom stereocenters. The Bertz CT molecular complexity index is 720. The van der Waals surface area contributed by atoms with Crippen LogP contribution in [0.15, 0.2) is 35.7 Å². The number of halogens is 1. The Kier molecular flexibility index (Phi) is 5.77. The molecule has 1 saturated carbocycles. The Morgan fingerprint density at radius 2 is 2.16 bits per heavy atom. The van der Waals surface area contributed by atoms with Crippen molar-refractivity contribution in [3.05, 3.63) is 41.4 Å². The molecule has 1 amide bonds. The minimum Gasteiger partial charge on any atom is -0.350 e. The summed E-state index contributed by atoms with van der Waals surface area (Å²) in [5.74, 6) is 0.716. The molecular weight excluding hydrogens is 354 g/mol. The Labute approximate surface area is 158 Å². The van der Waals surface area contributed by atoms with Crippen LogP contribution in [0.1, 0.15) is 31.4 Å². The molecule has 4 nitrogen and oxygen atoms in total. The molecule has 1 aromatic heterocycles. The van der Waals surface area contributed by atoms with Crippen LogP contribution >= 0.6 is 23.7 Å². The zero-order valence-electron chi connectivity index (χ0n) is 14.2. The largest absolute Gasteiger partial charge is 0.350 e. The van der Waals surface area contributed by atoms with Gasteiger partial charge in [0.15, 0.2) is 0 Å². The van der Waals surface area contributed by atoms with Gasteiger partial charge >= 0.3 is 0 Å². The van der Waals surface area contributed by atoms with Gasteiger partial charge in [-0.1, -0.05) is 43.2 Å². The van der Waals surface area contributed by atoms with E-state index in [1.807, 2.05) is 23.6 Å². The summed E-state index contributed by atoms with van der Waals surface area (Å²) in [6, 6.07) is 10.2. The second kappa shape index (κ2) is 7.85. The lowest BCUT2D eigenvalue weighted by atomic mass is 9.67. The van der Waals surface area contributed by atoms with Crippen LogP contribution < -0.4 is 10.6 Å². The predicted molar refractivity (Wildman–Crippen MR) is 104 cm³/mol. The molecule has 134 valence electrons. The van der Waals surface area contributed by atoms with Gasteiger partial charge < -0.3 is 10.6 Å². The van der Waals surface area contributed by atoms with Crippen LogP contribution in [-0.2, 0) is 11.3 Å². The molecule has 4 rings (SSSR count). The minimum absolute atomic E-state index is 0. The summed E-state index contributed by atoms with van der Waals surface area (Å²) in [6.45, 7) is 2.34. The number of fused-ring (bicyclic) bond motifs is 1. The van der Waals surface area contributed by atoms with E-state index >= 15 is 0 Å². The highest BCUT2D eigenvalue weighted by molar-refractivity contribution is 7.13. The van der Waals surface area contributed by atoms with E-state index in [1.165, 1.54) is 19.3 Å². The third kappa shape index (κ3) is 3.59. The van der Waals surface area contributed by atoms with E-state index in [-0.39, 0.29) is 23.7 Å². The van der Waals surface area contributed by atoms with Gasteiger partial charge in [0.25, 0.3) is 0 Å². The third-order valence-electron chi connectivity index (χ3n) is 5.49. The molecule has 0 unspecified atom stereocenters. The molecule has 0 spiro atoms. The van der Waals surface area contributed by atoms with Crippen LogP contribution in [0.5, 0.6) is 0 Å². The molecule has 0 bridgehead atoms. The fourth-order valence-corrected chi connectivity index (χ4v) is 4.96. The number of nitrogens with zero attached hydrogens (tertiary/aromatic N) is 1. The lowest BCUT2D eigenvalue weighted by Crippen LogP contribution is -2.47. The third-order valence-corrected chi connectivity index (χ3v) is 6.43. The zero-order chi connectivity index (χ0) is 16.4. The summed E-state index contributed by atoms with van der Waals surface area (Å²) in [5.41, 5.74) is 1.89. The molecule has 2 N–H and O–H groups in total. The number of thiazole rings is 1. The van der Waals surface area contributed by atoms with Crippen molar-refractivity contribution in [2.45, 2.75) is 32.2 Å². The minimum atomic E-state index is -0.184. The number of carbonyl (C=O) groups excluding carboxylic acids is 1. The van der Waals surface area contributed by atoms with E-state index in [0.29, 0.717) is 12.5 Å².